The minimum absolute atomic E-state index is 0.147. The van der Waals surface area contributed by atoms with Crippen molar-refractivity contribution in [3.05, 3.63) is 46.5 Å². The number of benzene rings is 2. The summed E-state index contributed by atoms with van der Waals surface area (Å²) in [4.78, 5) is 10.7. The Morgan fingerprint density at radius 2 is 1.56 bits per heavy atom. The van der Waals surface area contributed by atoms with Crippen LogP contribution in [0.2, 0.25) is 0 Å². The van der Waals surface area contributed by atoms with E-state index in [1.165, 1.54) is 33.5 Å². The van der Waals surface area contributed by atoms with Crippen molar-refractivity contribution >= 4 is 34.4 Å². The number of nitrogens with zero attached hydrogens (tertiary/aromatic N) is 1. The largest absolute Gasteiger partial charge is 0.497 e. The molecule has 2 aromatic rings. The molecule has 0 aliphatic carbocycles. The summed E-state index contributed by atoms with van der Waals surface area (Å²) in [5, 5.41) is 17.1. The maximum atomic E-state index is 11.2. The zero-order valence-corrected chi connectivity index (χ0v) is 14.7. The second kappa shape index (κ2) is 8.15. The average molecular weight is 363 g/mol. The van der Waals surface area contributed by atoms with Gasteiger partial charge in [0.15, 0.2) is 5.11 Å². The first kappa shape index (κ1) is 18.3. The zero-order chi connectivity index (χ0) is 18.4. The van der Waals surface area contributed by atoms with Crippen molar-refractivity contribution in [2.45, 2.75) is 0 Å². The molecule has 0 aliphatic rings. The van der Waals surface area contributed by atoms with E-state index in [9.17, 15) is 10.1 Å². The normalized spacial score (nSPS) is 9.88. The van der Waals surface area contributed by atoms with Gasteiger partial charge in [-0.15, -0.1) is 0 Å². The number of nitro groups is 1. The van der Waals surface area contributed by atoms with Crippen molar-refractivity contribution in [2.24, 2.45) is 0 Å². The van der Waals surface area contributed by atoms with Gasteiger partial charge < -0.3 is 24.8 Å². The molecule has 0 bridgehead atoms. The van der Waals surface area contributed by atoms with E-state index in [2.05, 4.69) is 10.6 Å². The summed E-state index contributed by atoms with van der Waals surface area (Å²) in [6.45, 7) is 0. The van der Waals surface area contributed by atoms with Crippen LogP contribution in [0, 0.1) is 10.1 Å². The van der Waals surface area contributed by atoms with Gasteiger partial charge in [0.2, 0.25) is 0 Å². The van der Waals surface area contributed by atoms with E-state index in [0.717, 1.165) is 0 Å². The van der Waals surface area contributed by atoms with E-state index in [4.69, 9.17) is 26.4 Å². The SMILES string of the molecule is COc1cc(NC(=S)Nc2ccc(OC)cc2[N+](=O)[O-])cc(OC)c1. The first-order valence-corrected chi connectivity index (χ1v) is 7.51. The molecule has 2 aromatic carbocycles. The van der Waals surface area contributed by atoms with Crippen LogP contribution in [0.3, 0.4) is 0 Å². The van der Waals surface area contributed by atoms with Crippen LogP contribution in [-0.2, 0) is 0 Å². The Balaban J connectivity index is 2.19. The summed E-state index contributed by atoms with van der Waals surface area (Å²) in [7, 11) is 4.51. The number of nitro benzene ring substituents is 1. The molecule has 2 rings (SSSR count). The zero-order valence-electron chi connectivity index (χ0n) is 13.9. The van der Waals surface area contributed by atoms with Crippen LogP contribution in [-0.4, -0.2) is 31.4 Å². The molecule has 0 unspecified atom stereocenters. The van der Waals surface area contributed by atoms with E-state index < -0.39 is 4.92 Å². The fourth-order valence-corrected chi connectivity index (χ4v) is 2.29. The van der Waals surface area contributed by atoms with Crippen LogP contribution >= 0.6 is 12.2 Å². The van der Waals surface area contributed by atoms with Crippen LogP contribution in [0.1, 0.15) is 0 Å². The van der Waals surface area contributed by atoms with Gasteiger partial charge >= 0.3 is 0 Å². The molecule has 0 saturated heterocycles. The molecular weight excluding hydrogens is 346 g/mol. The van der Waals surface area contributed by atoms with Gasteiger partial charge in [-0.05, 0) is 24.4 Å². The van der Waals surface area contributed by atoms with Crippen molar-refractivity contribution < 1.29 is 19.1 Å². The van der Waals surface area contributed by atoms with Gasteiger partial charge in [-0.3, -0.25) is 10.1 Å². The van der Waals surface area contributed by atoms with E-state index in [0.29, 0.717) is 22.9 Å². The van der Waals surface area contributed by atoms with Gasteiger partial charge in [0.05, 0.1) is 32.3 Å². The highest BCUT2D eigenvalue weighted by atomic mass is 32.1. The minimum Gasteiger partial charge on any atom is -0.497 e. The third-order valence-electron chi connectivity index (χ3n) is 3.26. The first-order valence-electron chi connectivity index (χ1n) is 7.10. The second-order valence-electron chi connectivity index (χ2n) is 4.82. The highest BCUT2D eigenvalue weighted by Gasteiger charge is 2.16. The van der Waals surface area contributed by atoms with Gasteiger partial charge in [0.1, 0.15) is 22.9 Å². The van der Waals surface area contributed by atoms with Gasteiger partial charge in [-0.1, -0.05) is 0 Å². The Labute approximate surface area is 149 Å². The summed E-state index contributed by atoms with van der Waals surface area (Å²) >= 11 is 5.23. The molecule has 0 fully saturated rings. The van der Waals surface area contributed by atoms with Gasteiger partial charge in [-0.2, -0.15) is 0 Å². The summed E-state index contributed by atoms with van der Waals surface area (Å²) in [5.41, 5.74) is 0.717. The Kier molecular flexibility index (Phi) is 5.96. The summed E-state index contributed by atoms with van der Waals surface area (Å²) in [6, 6.07) is 9.61. The quantitative estimate of drug-likeness (QED) is 0.458. The Morgan fingerprint density at radius 3 is 2.08 bits per heavy atom. The molecule has 0 saturated carbocycles. The van der Waals surface area contributed by atoms with Gasteiger partial charge in [-0.25, -0.2) is 0 Å². The number of rotatable bonds is 6. The standard InChI is InChI=1S/C16H17N3O5S/c1-22-11-4-5-14(15(9-11)19(20)21)18-16(25)17-10-6-12(23-2)8-13(7-10)24-3/h4-9H,1-3H3,(H2,17,18,25). The van der Waals surface area contributed by atoms with Crippen molar-refractivity contribution in [1.82, 2.24) is 0 Å². The molecule has 0 atom stereocenters. The topological polar surface area (TPSA) is 94.9 Å². The van der Waals surface area contributed by atoms with Crippen LogP contribution in [0.4, 0.5) is 17.1 Å². The Morgan fingerprint density at radius 1 is 0.960 bits per heavy atom. The maximum absolute atomic E-state index is 11.2. The lowest BCUT2D eigenvalue weighted by Crippen LogP contribution is -2.19. The van der Waals surface area contributed by atoms with Crippen LogP contribution in [0.15, 0.2) is 36.4 Å². The molecule has 0 aromatic heterocycles. The fourth-order valence-electron chi connectivity index (χ4n) is 2.06. The molecule has 132 valence electrons. The van der Waals surface area contributed by atoms with Gasteiger partial charge in [0.25, 0.3) is 5.69 Å². The summed E-state index contributed by atoms with van der Waals surface area (Å²) < 4.78 is 15.4. The number of thiocarbonyl (C=S) groups is 1. The molecular formula is C16H17N3O5S. The first-order chi connectivity index (χ1) is 12.0. The predicted molar refractivity (Wildman–Crippen MR) is 99.0 cm³/mol. The van der Waals surface area contributed by atoms with Crippen molar-refractivity contribution in [3.63, 3.8) is 0 Å². The van der Waals surface area contributed by atoms with E-state index in [-0.39, 0.29) is 16.5 Å². The lowest BCUT2D eigenvalue weighted by atomic mass is 10.2. The average Bonchev–Trinajstić information content (AvgIpc) is 2.61. The molecule has 0 heterocycles. The molecule has 0 amide bonds. The smallest absolute Gasteiger partial charge is 0.296 e. The van der Waals surface area contributed by atoms with Crippen molar-refractivity contribution in [2.75, 3.05) is 32.0 Å². The Bertz CT molecular complexity index is 775. The van der Waals surface area contributed by atoms with Crippen molar-refractivity contribution in [3.8, 4) is 17.2 Å². The lowest BCUT2D eigenvalue weighted by molar-refractivity contribution is -0.384. The number of nitrogens with one attached hydrogen (secondary N) is 2. The minimum atomic E-state index is -0.512. The number of ether oxygens (including phenoxy) is 3. The predicted octanol–water partition coefficient (Wildman–Crippen LogP) is 3.43. The summed E-state index contributed by atoms with van der Waals surface area (Å²) in [6.07, 6.45) is 0. The highest BCUT2D eigenvalue weighted by Crippen LogP contribution is 2.30. The van der Waals surface area contributed by atoms with Gasteiger partial charge in [0, 0.05) is 23.9 Å². The van der Waals surface area contributed by atoms with Crippen LogP contribution < -0.4 is 24.8 Å². The Hall–Kier alpha value is -3.07. The van der Waals surface area contributed by atoms with E-state index in [1.54, 1.807) is 24.3 Å². The molecule has 25 heavy (non-hydrogen) atoms. The van der Waals surface area contributed by atoms with E-state index >= 15 is 0 Å². The number of methoxy groups -OCH3 is 3. The fraction of sp³-hybridized carbons (Fsp3) is 0.188. The second-order valence-corrected chi connectivity index (χ2v) is 5.23. The summed E-state index contributed by atoms with van der Waals surface area (Å²) in [5.74, 6) is 1.55. The lowest BCUT2D eigenvalue weighted by Gasteiger charge is -2.13. The highest BCUT2D eigenvalue weighted by molar-refractivity contribution is 7.80. The number of hydrogen-bond donors (Lipinski definition) is 2. The molecule has 8 nitrogen and oxygen atoms in total. The maximum Gasteiger partial charge on any atom is 0.296 e. The molecule has 0 radical (unpaired) electrons. The van der Waals surface area contributed by atoms with Crippen molar-refractivity contribution in [1.29, 1.82) is 0 Å². The number of anilines is 2. The third-order valence-corrected chi connectivity index (χ3v) is 3.46. The molecule has 2 N–H and O–H groups in total. The van der Waals surface area contributed by atoms with Crippen LogP contribution in [0.5, 0.6) is 17.2 Å². The monoisotopic (exact) mass is 363 g/mol. The molecule has 0 aliphatic heterocycles. The molecule has 0 spiro atoms. The number of hydrogen-bond acceptors (Lipinski definition) is 6. The van der Waals surface area contributed by atoms with Crippen LogP contribution in [0.25, 0.3) is 0 Å². The third kappa shape index (κ3) is 4.70. The molecule has 9 heteroatoms. The van der Waals surface area contributed by atoms with E-state index in [1.807, 2.05) is 0 Å².